The van der Waals surface area contributed by atoms with Gasteiger partial charge in [0.1, 0.15) is 11.6 Å². The molecule has 6 nitrogen and oxygen atoms in total. The maximum absolute atomic E-state index is 4.48. The number of rotatable bonds is 6. The zero-order valence-electron chi connectivity index (χ0n) is 15.4. The maximum atomic E-state index is 4.48. The Morgan fingerprint density at radius 1 is 1.20 bits per heavy atom. The van der Waals surface area contributed by atoms with Crippen molar-refractivity contribution in [2.24, 2.45) is 5.92 Å². The van der Waals surface area contributed by atoms with Crippen molar-refractivity contribution in [1.29, 1.82) is 0 Å². The van der Waals surface area contributed by atoms with Crippen molar-refractivity contribution in [2.75, 3.05) is 25.5 Å². The molecule has 2 aromatic rings. The van der Waals surface area contributed by atoms with Gasteiger partial charge in [-0.3, -0.25) is 4.90 Å². The highest BCUT2D eigenvalue weighted by atomic mass is 15.2. The molecule has 0 aromatic carbocycles. The molecule has 0 spiro atoms. The van der Waals surface area contributed by atoms with E-state index in [0.29, 0.717) is 11.8 Å². The summed E-state index contributed by atoms with van der Waals surface area (Å²) < 4.78 is 0. The van der Waals surface area contributed by atoms with Crippen LogP contribution in [0.15, 0.2) is 24.5 Å². The summed E-state index contributed by atoms with van der Waals surface area (Å²) in [7, 11) is 1.86. The first-order valence-corrected chi connectivity index (χ1v) is 9.17. The van der Waals surface area contributed by atoms with E-state index in [2.05, 4.69) is 50.3 Å². The predicted molar refractivity (Wildman–Crippen MR) is 99.4 cm³/mol. The minimum absolute atomic E-state index is 0.379. The summed E-state index contributed by atoms with van der Waals surface area (Å²) in [4.78, 5) is 11.5. The van der Waals surface area contributed by atoms with E-state index in [1.807, 2.05) is 25.5 Å². The maximum Gasteiger partial charge on any atom is 0.148 e. The Kier molecular flexibility index (Phi) is 5.91. The van der Waals surface area contributed by atoms with Crippen LogP contribution >= 0.6 is 0 Å². The van der Waals surface area contributed by atoms with Gasteiger partial charge >= 0.3 is 0 Å². The van der Waals surface area contributed by atoms with Crippen LogP contribution in [0.1, 0.15) is 49.7 Å². The topological polar surface area (TPSA) is 66.8 Å². The molecule has 3 rings (SSSR count). The van der Waals surface area contributed by atoms with Gasteiger partial charge in [-0.25, -0.2) is 9.97 Å². The summed E-state index contributed by atoms with van der Waals surface area (Å²) in [5.74, 6) is 2.76. The van der Waals surface area contributed by atoms with Crippen LogP contribution in [0.3, 0.4) is 0 Å². The monoisotopic (exact) mass is 340 g/mol. The summed E-state index contributed by atoms with van der Waals surface area (Å²) >= 11 is 0. The van der Waals surface area contributed by atoms with Gasteiger partial charge < -0.3 is 5.32 Å². The first-order valence-electron chi connectivity index (χ1n) is 9.17. The summed E-state index contributed by atoms with van der Waals surface area (Å²) in [5.41, 5.74) is 2.28. The van der Waals surface area contributed by atoms with E-state index in [0.717, 1.165) is 43.4 Å². The zero-order chi connectivity index (χ0) is 17.6. The van der Waals surface area contributed by atoms with Crippen molar-refractivity contribution in [3.05, 3.63) is 41.6 Å². The fourth-order valence-electron chi connectivity index (χ4n) is 3.36. The molecule has 0 amide bonds. The lowest BCUT2D eigenvalue weighted by Crippen LogP contribution is -2.36. The van der Waals surface area contributed by atoms with E-state index in [9.17, 15) is 0 Å². The largest absolute Gasteiger partial charge is 0.372 e. The second kappa shape index (κ2) is 8.34. The molecule has 1 saturated heterocycles. The Balaban J connectivity index is 1.55. The molecule has 1 fully saturated rings. The number of likely N-dealkylation sites (tertiary alicyclic amines) is 1. The van der Waals surface area contributed by atoms with Gasteiger partial charge in [0.25, 0.3) is 0 Å². The van der Waals surface area contributed by atoms with Gasteiger partial charge in [-0.15, -0.1) is 5.10 Å². The molecule has 1 aliphatic rings. The Morgan fingerprint density at radius 2 is 2.00 bits per heavy atom. The number of anilines is 1. The predicted octanol–water partition coefficient (Wildman–Crippen LogP) is 2.89. The zero-order valence-corrected chi connectivity index (χ0v) is 15.4. The Morgan fingerprint density at radius 3 is 2.64 bits per heavy atom. The van der Waals surface area contributed by atoms with Crippen LogP contribution < -0.4 is 5.32 Å². The van der Waals surface area contributed by atoms with Crippen LogP contribution in [-0.4, -0.2) is 45.2 Å². The van der Waals surface area contributed by atoms with Crippen LogP contribution in [0.25, 0.3) is 0 Å². The number of hydrogen-bond donors (Lipinski definition) is 1. The van der Waals surface area contributed by atoms with Gasteiger partial charge in [-0.2, -0.15) is 5.10 Å². The number of nitrogens with one attached hydrogen (secondary N) is 1. The summed E-state index contributed by atoms with van der Waals surface area (Å²) in [6.07, 6.45) is 7.45. The molecular weight excluding hydrogens is 312 g/mol. The van der Waals surface area contributed by atoms with E-state index >= 15 is 0 Å². The fraction of sp³-hybridized carbons (Fsp3) is 0.579. The Labute approximate surface area is 150 Å². The molecular formula is C19H28N6. The number of piperidine rings is 1. The summed E-state index contributed by atoms with van der Waals surface area (Å²) in [5, 5.41) is 11.5. The van der Waals surface area contributed by atoms with Crippen molar-refractivity contribution in [1.82, 2.24) is 25.1 Å². The number of nitrogens with zero attached hydrogens (tertiary/aromatic N) is 5. The molecule has 0 bridgehead atoms. The molecule has 0 saturated carbocycles. The first kappa shape index (κ1) is 17.7. The van der Waals surface area contributed by atoms with Gasteiger partial charge in [0, 0.05) is 44.0 Å². The fourth-order valence-corrected chi connectivity index (χ4v) is 3.36. The van der Waals surface area contributed by atoms with E-state index in [-0.39, 0.29) is 0 Å². The van der Waals surface area contributed by atoms with Crippen molar-refractivity contribution in [3.63, 3.8) is 0 Å². The number of hydrogen-bond acceptors (Lipinski definition) is 6. The quantitative estimate of drug-likeness (QED) is 0.872. The molecule has 1 atom stereocenters. The molecule has 0 aliphatic carbocycles. The van der Waals surface area contributed by atoms with Crippen molar-refractivity contribution in [3.8, 4) is 0 Å². The molecule has 1 unspecified atom stereocenters. The van der Waals surface area contributed by atoms with Crippen LogP contribution in [0.5, 0.6) is 0 Å². The molecule has 1 N–H and O–H groups in total. The molecule has 3 heterocycles. The normalized spacial score (nSPS) is 18.5. The SMILES string of the molecule is CNc1ccc(CC2CCCN(Cc3cnc(C(C)C)nc3)C2)nn1. The van der Waals surface area contributed by atoms with E-state index in [1.54, 1.807) is 0 Å². The van der Waals surface area contributed by atoms with Gasteiger partial charge in [0.2, 0.25) is 0 Å². The minimum Gasteiger partial charge on any atom is -0.372 e. The van der Waals surface area contributed by atoms with Crippen LogP contribution in [0.4, 0.5) is 5.82 Å². The first-order chi connectivity index (χ1) is 12.1. The third-order valence-electron chi connectivity index (χ3n) is 4.72. The lowest BCUT2D eigenvalue weighted by molar-refractivity contribution is 0.166. The van der Waals surface area contributed by atoms with E-state index < -0.39 is 0 Å². The lowest BCUT2D eigenvalue weighted by Gasteiger charge is -2.32. The second-order valence-electron chi connectivity index (χ2n) is 7.21. The van der Waals surface area contributed by atoms with Crippen molar-refractivity contribution < 1.29 is 0 Å². The molecule has 2 aromatic heterocycles. The average molecular weight is 340 g/mol. The highest BCUT2D eigenvalue weighted by Crippen LogP contribution is 2.21. The average Bonchev–Trinajstić information content (AvgIpc) is 2.63. The molecule has 1 aliphatic heterocycles. The molecule has 0 radical (unpaired) electrons. The third-order valence-corrected chi connectivity index (χ3v) is 4.72. The lowest BCUT2D eigenvalue weighted by atomic mass is 9.93. The van der Waals surface area contributed by atoms with Crippen molar-refractivity contribution >= 4 is 5.82 Å². The highest BCUT2D eigenvalue weighted by Gasteiger charge is 2.21. The smallest absolute Gasteiger partial charge is 0.148 e. The highest BCUT2D eigenvalue weighted by molar-refractivity contribution is 5.31. The third kappa shape index (κ3) is 4.95. The summed E-state index contributed by atoms with van der Waals surface area (Å²) in [6, 6.07) is 4.08. The summed E-state index contributed by atoms with van der Waals surface area (Å²) in [6.45, 7) is 7.42. The molecule has 6 heteroatoms. The van der Waals surface area contributed by atoms with Crippen LogP contribution in [0.2, 0.25) is 0 Å². The van der Waals surface area contributed by atoms with E-state index in [1.165, 1.54) is 18.4 Å². The van der Waals surface area contributed by atoms with Crippen LogP contribution in [0, 0.1) is 5.92 Å². The Bertz CT molecular complexity index is 653. The Hall–Kier alpha value is -2.08. The standard InChI is InChI=1S/C19H28N6/c1-14(2)19-21-10-16(11-22-19)13-25-8-4-5-15(12-25)9-17-6-7-18(20-3)24-23-17/h6-7,10-11,14-15H,4-5,8-9,12-13H2,1-3H3,(H,20,24). The van der Waals surface area contributed by atoms with Crippen molar-refractivity contribution in [2.45, 2.75) is 45.6 Å². The van der Waals surface area contributed by atoms with Gasteiger partial charge in [-0.05, 0) is 43.9 Å². The second-order valence-corrected chi connectivity index (χ2v) is 7.21. The van der Waals surface area contributed by atoms with Gasteiger partial charge in [0.15, 0.2) is 0 Å². The van der Waals surface area contributed by atoms with Gasteiger partial charge in [0.05, 0.1) is 5.69 Å². The van der Waals surface area contributed by atoms with E-state index in [4.69, 9.17) is 0 Å². The van der Waals surface area contributed by atoms with Crippen LogP contribution in [-0.2, 0) is 13.0 Å². The molecule has 25 heavy (non-hydrogen) atoms. The minimum atomic E-state index is 0.379. The number of aromatic nitrogens is 4. The molecule has 134 valence electrons. The van der Waals surface area contributed by atoms with Gasteiger partial charge in [-0.1, -0.05) is 13.8 Å².